The van der Waals surface area contributed by atoms with Gasteiger partial charge in [-0.25, -0.2) is 0 Å². The van der Waals surface area contributed by atoms with E-state index in [0.29, 0.717) is 0 Å². The van der Waals surface area contributed by atoms with E-state index >= 15 is 0 Å². The Labute approximate surface area is 81.1 Å². The van der Waals surface area contributed by atoms with Gasteiger partial charge in [0.05, 0.1) is 12.7 Å². The van der Waals surface area contributed by atoms with Crippen molar-refractivity contribution in [1.29, 1.82) is 0 Å². The highest BCUT2D eigenvalue weighted by Crippen LogP contribution is 2.23. The van der Waals surface area contributed by atoms with E-state index in [1.54, 1.807) is 21.0 Å². The molecule has 1 atom stereocenters. The summed E-state index contributed by atoms with van der Waals surface area (Å²) >= 11 is 0. The lowest BCUT2D eigenvalue weighted by atomic mass is 9.98. The third-order valence-electron chi connectivity index (χ3n) is 1.94. The third kappa shape index (κ3) is 2.43. The topological polar surface area (TPSA) is 29.5 Å². The zero-order valence-electron chi connectivity index (χ0n) is 8.16. The van der Waals surface area contributed by atoms with Crippen molar-refractivity contribution in [3.8, 4) is 5.75 Å². The molecule has 1 rings (SSSR count). The summed E-state index contributed by atoms with van der Waals surface area (Å²) in [7, 11) is 4.21. The Morgan fingerprint density at radius 1 is 1.38 bits per heavy atom. The summed E-state index contributed by atoms with van der Waals surface area (Å²) in [5, 5.41) is 10.7. The predicted octanol–water partition coefficient (Wildman–Crippen LogP) is 1.42. The van der Waals surface area contributed by atoms with E-state index in [1.807, 2.05) is 18.2 Å². The molecule has 0 fully saturated rings. The first-order valence-electron chi connectivity index (χ1n) is 4.11. The van der Waals surface area contributed by atoms with Crippen molar-refractivity contribution in [3.05, 3.63) is 23.8 Å². The highest BCUT2D eigenvalue weighted by molar-refractivity contribution is 7.27. The van der Waals surface area contributed by atoms with Crippen LogP contribution in [0.4, 0.5) is 0 Å². The van der Waals surface area contributed by atoms with Gasteiger partial charge in [-0.1, -0.05) is 12.1 Å². The van der Waals surface area contributed by atoms with Gasteiger partial charge in [-0.2, -0.15) is 0 Å². The van der Waals surface area contributed by atoms with Crippen molar-refractivity contribution < 1.29 is 9.84 Å². The maximum Gasteiger partial charge on any atom is 0.126 e. The molecule has 0 saturated heterocycles. The van der Waals surface area contributed by atoms with Gasteiger partial charge in [0.15, 0.2) is 0 Å². The Bertz CT molecular complexity index is 302. The number of rotatable bonds is 2. The second-order valence-electron chi connectivity index (χ2n) is 3.52. The van der Waals surface area contributed by atoms with Crippen LogP contribution in [0.5, 0.6) is 5.75 Å². The van der Waals surface area contributed by atoms with E-state index < -0.39 is 5.60 Å². The van der Waals surface area contributed by atoms with Crippen molar-refractivity contribution in [2.24, 2.45) is 0 Å². The van der Waals surface area contributed by atoms with Gasteiger partial charge < -0.3 is 9.84 Å². The SMILES string of the molecule is COc1cc(C(C)(C)O)ccc1P. The quantitative estimate of drug-likeness (QED) is 0.728. The molecule has 0 aliphatic rings. The molecule has 13 heavy (non-hydrogen) atoms. The summed E-state index contributed by atoms with van der Waals surface area (Å²) in [6.45, 7) is 3.51. The van der Waals surface area contributed by atoms with Crippen LogP contribution in [0, 0.1) is 0 Å². The minimum atomic E-state index is -0.814. The standard InChI is InChI=1S/C10H15O2P/c1-10(2,11)7-4-5-9(13)8(6-7)12-3/h4-6,11H,13H2,1-3H3. The van der Waals surface area contributed by atoms with Crippen LogP contribution in [-0.2, 0) is 5.60 Å². The van der Waals surface area contributed by atoms with Gasteiger partial charge in [-0.15, -0.1) is 9.24 Å². The summed E-state index contributed by atoms with van der Waals surface area (Å²) in [6, 6.07) is 5.66. The third-order valence-corrected chi connectivity index (χ3v) is 2.42. The first-order chi connectivity index (χ1) is 5.95. The molecular weight excluding hydrogens is 183 g/mol. The molecular formula is C10H15O2P. The molecule has 0 radical (unpaired) electrons. The molecule has 1 unspecified atom stereocenters. The molecule has 1 aromatic rings. The van der Waals surface area contributed by atoms with Crippen LogP contribution < -0.4 is 10.0 Å². The molecule has 1 aromatic carbocycles. The van der Waals surface area contributed by atoms with Crippen molar-refractivity contribution in [2.45, 2.75) is 19.4 Å². The molecule has 0 amide bonds. The molecule has 1 N–H and O–H groups in total. The number of aliphatic hydroxyl groups is 1. The number of ether oxygens (including phenoxy) is 1. The predicted molar refractivity (Wildman–Crippen MR) is 57.6 cm³/mol. The lowest BCUT2D eigenvalue weighted by Crippen LogP contribution is -2.16. The van der Waals surface area contributed by atoms with Crippen LogP contribution in [0.15, 0.2) is 18.2 Å². The number of hydrogen-bond acceptors (Lipinski definition) is 2. The molecule has 0 saturated carbocycles. The minimum absolute atomic E-state index is 0.782. The highest BCUT2D eigenvalue weighted by atomic mass is 31.0. The zero-order valence-corrected chi connectivity index (χ0v) is 9.32. The Morgan fingerprint density at radius 2 is 2.00 bits per heavy atom. The number of hydrogen-bond donors (Lipinski definition) is 1. The van der Waals surface area contributed by atoms with E-state index in [0.717, 1.165) is 16.6 Å². The van der Waals surface area contributed by atoms with Gasteiger partial charge in [0.1, 0.15) is 5.75 Å². The molecule has 3 heteroatoms. The molecule has 0 aliphatic heterocycles. The molecule has 0 bridgehead atoms. The Kier molecular flexibility index (Phi) is 2.94. The summed E-state index contributed by atoms with van der Waals surface area (Å²) < 4.78 is 5.15. The van der Waals surface area contributed by atoms with Crippen molar-refractivity contribution in [1.82, 2.24) is 0 Å². The monoisotopic (exact) mass is 198 g/mol. The average Bonchev–Trinajstić information content (AvgIpc) is 2.03. The van der Waals surface area contributed by atoms with Gasteiger partial charge in [-0.05, 0) is 25.5 Å². The fraction of sp³-hybridized carbons (Fsp3) is 0.400. The van der Waals surface area contributed by atoms with E-state index in [4.69, 9.17) is 4.74 Å². The zero-order chi connectivity index (χ0) is 10.1. The lowest BCUT2D eigenvalue weighted by Gasteiger charge is -2.19. The van der Waals surface area contributed by atoms with E-state index in [-0.39, 0.29) is 0 Å². The van der Waals surface area contributed by atoms with Crippen molar-refractivity contribution in [2.75, 3.05) is 7.11 Å². The summed E-state index contributed by atoms with van der Waals surface area (Å²) in [6.07, 6.45) is 0. The summed E-state index contributed by atoms with van der Waals surface area (Å²) in [5.41, 5.74) is 0.0431. The average molecular weight is 198 g/mol. The first-order valence-corrected chi connectivity index (χ1v) is 4.69. The fourth-order valence-electron chi connectivity index (χ4n) is 1.09. The Hall–Kier alpha value is -0.590. The second kappa shape index (κ2) is 3.65. The largest absolute Gasteiger partial charge is 0.496 e. The summed E-state index contributed by atoms with van der Waals surface area (Å²) in [4.78, 5) is 0. The van der Waals surface area contributed by atoms with Crippen LogP contribution in [-0.4, -0.2) is 12.2 Å². The second-order valence-corrected chi connectivity index (χ2v) is 4.14. The van der Waals surface area contributed by atoms with Crippen LogP contribution in [0.25, 0.3) is 0 Å². The van der Waals surface area contributed by atoms with Gasteiger partial charge >= 0.3 is 0 Å². The molecule has 0 aromatic heterocycles. The Balaban J connectivity index is 3.14. The highest BCUT2D eigenvalue weighted by Gasteiger charge is 2.16. The molecule has 2 nitrogen and oxygen atoms in total. The van der Waals surface area contributed by atoms with E-state index in [9.17, 15) is 5.11 Å². The smallest absolute Gasteiger partial charge is 0.126 e. The van der Waals surface area contributed by atoms with Crippen LogP contribution in [0.1, 0.15) is 19.4 Å². The van der Waals surface area contributed by atoms with Crippen molar-refractivity contribution in [3.63, 3.8) is 0 Å². The van der Waals surface area contributed by atoms with E-state index in [1.165, 1.54) is 0 Å². The fourth-order valence-corrected chi connectivity index (χ4v) is 1.39. The summed E-state index contributed by atoms with van der Waals surface area (Å²) in [5.74, 6) is 0.782. The minimum Gasteiger partial charge on any atom is -0.496 e. The van der Waals surface area contributed by atoms with Gasteiger partial charge in [0.25, 0.3) is 0 Å². The normalized spacial score (nSPS) is 11.5. The first kappa shape index (κ1) is 10.5. The Morgan fingerprint density at radius 3 is 2.46 bits per heavy atom. The molecule has 0 spiro atoms. The van der Waals surface area contributed by atoms with Gasteiger partial charge in [-0.3, -0.25) is 0 Å². The van der Waals surface area contributed by atoms with Crippen LogP contribution >= 0.6 is 9.24 Å². The van der Waals surface area contributed by atoms with Crippen molar-refractivity contribution >= 4 is 14.5 Å². The number of benzene rings is 1. The molecule has 72 valence electrons. The molecule has 0 aliphatic carbocycles. The van der Waals surface area contributed by atoms with E-state index in [2.05, 4.69) is 9.24 Å². The van der Waals surface area contributed by atoms with Crippen LogP contribution in [0.2, 0.25) is 0 Å². The maximum absolute atomic E-state index is 9.74. The van der Waals surface area contributed by atoms with Gasteiger partial charge in [0, 0.05) is 5.30 Å². The lowest BCUT2D eigenvalue weighted by molar-refractivity contribution is 0.0784. The maximum atomic E-state index is 9.74. The molecule has 0 heterocycles. The van der Waals surface area contributed by atoms with Crippen LogP contribution in [0.3, 0.4) is 0 Å². The number of methoxy groups -OCH3 is 1. The van der Waals surface area contributed by atoms with Gasteiger partial charge in [0.2, 0.25) is 0 Å².